The van der Waals surface area contributed by atoms with Crippen LogP contribution in [0.4, 0.5) is 14.5 Å². The van der Waals surface area contributed by atoms with Crippen LogP contribution in [0.15, 0.2) is 41.3 Å². The van der Waals surface area contributed by atoms with Crippen LogP contribution >= 0.6 is 11.6 Å². The van der Waals surface area contributed by atoms with Crippen LogP contribution in [0.25, 0.3) is 0 Å². The first-order valence-corrected chi connectivity index (χ1v) is 8.21. The van der Waals surface area contributed by atoms with E-state index < -0.39 is 27.4 Å². The molecule has 0 fully saturated rings. The van der Waals surface area contributed by atoms with Gasteiger partial charge >= 0.3 is 0 Å². The molecule has 116 valence electrons. The Labute approximate surface area is 130 Å². The average molecular weight is 346 g/mol. The van der Waals surface area contributed by atoms with Crippen LogP contribution in [0, 0.1) is 11.6 Å². The number of hydrogen-bond acceptors (Lipinski definition) is 3. The summed E-state index contributed by atoms with van der Waals surface area (Å²) in [5.41, 5.74) is -0.224. The SMILES string of the molecule is CS(=O)(=O)c1ccc(Cl)c(C(=O)Nc2cc(F)cc(F)c2)c1. The number of sulfone groups is 1. The molecule has 0 aliphatic rings. The third-order valence-corrected chi connectivity index (χ3v) is 4.17. The molecule has 0 radical (unpaired) electrons. The zero-order valence-electron chi connectivity index (χ0n) is 11.2. The predicted molar refractivity (Wildman–Crippen MR) is 78.9 cm³/mol. The van der Waals surface area contributed by atoms with Gasteiger partial charge in [0, 0.05) is 18.0 Å². The van der Waals surface area contributed by atoms with Gasteiger partial charge in [0.05, 0.1) is 15.5 Å². The minimum Gasteiger partial charge on any atom is -0.322 e. The van der Waals surface area contributed by atoms with E-state index in [2.05, 4.69) is 5.32 Å². The maximum Gasteiger partial charge on any atom is 0.257 e. The molecule has 22 heavy (non-hydrogen) atoms. The fourth-order valence-electron chi connectivity index (χ4n) is 1.73. The van der Waals surface area contributed by atoms with Gasteiger partial charge in [-0.15, -0.1) is 0 Å². The molecule has 1 amide bonds. The molecule has 0 aliphatic carbocycles. The molecule has 0 aliphatic heterocycles. The average Bonchev–Trinajstić information content (AvgIpc) is 2.36. The van der Waals surface area contributed by atoms with Gasteiger partial charge in [-0.3, -0.25) is 4.79 Å². The number of hydrogen-bond donors (Lipinski definition) is 1. The highest BCUT2D eigenvalue weighted by molar-refractivity contribution is 7.90. The second-order valence-electron chi connectivity index (χ2n) is 4.53. The van der Waals surface area contributed by atoms with Crippen molar-refractivity contribution in [2.45, 2.75) is 4.90 Å². The molecule has 1 N–H and O–H groups in total. The van der Waals surface area contributed by atoms with Crippen LogP contribution in [0.5, 0.6) is 0 Å². The molecule has 2 aromatic carbocycles. The normalized spacial score (nSPS) is 11.3. The highest BCUT2D eigenvalue weighted by atomic mass is 35.5. The lowest BCUT2D eigenvalue weighted by atomic mass is 10.2. The van der Waals surface area contributed by atoms with Crippen molar-refractivity contribution >= 4 is 33.0 Å². The number of benzene rings is 2. The largest absolute Gasteiger partial charge is 0.322 e. The zero-order chi connectivity index (χ0) is 16.5. The minimum absolute atomic E-state index is 0.0155. The molecule has 0 heterocycles. The highest BCUT2D eigenvalue weighted by Gasteiger charge is 2.16. The van der Waals surface area contributed by atoms with Crippen LogP contribution in [0.1, 0.15) is 10.4 Å². The molecule has 0 saturated carbocycles. The highest BCUT2D eigenvalue weighted by Crippen LogP contribution is 2.22. The molecule has 8 heteroatoms. The molecule has 2 aromatic rings. The van der Waals surface area contributed by atoms with Crippen molar-refractivity contribution in [1.29, 1.82) is 0 Å². The lowest BCUT2D eigenvalue weighted by molar-refractivity contribution is 0.102. The molecule has 4 nitrogen and oxygen atoms in total. The fourth-order valence-corrected chi connectivity index (χ4v) is 2.58. The standard InChI is InChI=1S/C14H10ClF2NO3S/c1-22(20,21)11-2-3-13(15)12(7-11)14(19)18-10-5-8(16)4-9(17)6-10/h2-7H,1H3,(H,18,19). The number of halogens is 3. The van der Waals surface area contributed by atoms with E-state index in [0.717, 1.165) is 24.5 Å². The van der Waals surface area contributed by atoms with Crippen molar-refractivity contribution in [2.75, 3.05) is 11.6 Å². The first-order valence-electron chi connectivity index (χ1n) is 5.94. The smallest absolute Gasteiger partial charge is 0.257 e. The third kappa shape index (κ3) is 3.80. The summed E-state index contributed by atoms with van der Waals surface area (Å²) < 4.78 is 49.2. The van der Waals surface area contributed by atoms with E-state index >= 15 is 0 Å². The molecule has 0 atom stereocenters. The lowest BCUT2D eigenvalue weighted by Crippen LogP contribution is -2.13. The Morgan fingerprint density at radius 2 is 1.68 bits per heavy atom. The fraction of sp³-hybridized carbons (Fsp3) is 0.0714. The second kappa shape index (κ2) is 6.02. The lowest BCUT2D eigenvalue weighted by Gasteiger charge is -2.08. The van der Waals surface area contributed by atoms with Crippen LogP contribution in [0.2, 0.25) is 5.02 Å². The van der Waals surface area contributed by atoms with Crippen molar-refractivity contribution in [3.8, 4) is 0 Å². The van der Waals surface area contributed by atoms with E-state index in [0.29, 0.717) is 6.07 Å². The van der Waals surface area contributed by atoms with Gasteiger partial charge in [-0.25, -0.2) is 17.2 Å². The Morgan fingerprint density at radius 1 is 1.09 bits per heavy atom. The number of nitrogens with one attached hydrogen (secondary N) is 1. The van der Waals surface area contributed by atoms with Crippen LogP contribution in [-0.4, -0.2) is 20.6 Å². The quantitative estimate of drug-likeness (QED) is 0.928. The van der Waals surface area contributed by atoms with Crippen molar-refractivity contribution in [2.24, 2.45) is 0 Å². The van der Waals surface area contributed by atoms with Gasteiger partial charge in [0.15, 0.2) is 9.84 Å². The third-order valence-electron chi connectivity index (χ3n) is 2.73. The maximum atomic E-state index is 13.1. The van der Waals surface area contributed by atoms with Gasteiger partial charge in [0.1, 0.15) is 11.6 Å². The summed E-state index contributed by atoms with van der Waals surface area (Å²) in [5, 5.41) is 2.28. The first-order chi connectivity index (χ1) is 10.2. The van der Waals surface area contributed by atoms with Gasteiger partial charge in [-0.1, -0.05) is 11.6 Å². The zero-order valence-corrected chi connectivity index (χ0v) is 12.8. The summed E-state index contributed by atoms with van der Waals surface area (Å²) >= 11 is 5.87. The van der Waals surface area contributed by atoms with Gasteiger partial charge in [0.25, 0.3) is 5.91 Å². The van der Waals surface area contributed by atoms with E-state index in [-0.39, 0.29) is 21.2 Å². The van der Waals surface area contributed by atoms with E-state index in [1.54, 1.807) is 0 Å². The topological polar surface area (TPSA) is 63.2 Å². The second-order valence-corrected chi connectivity index (χ2v) is 6.95. The number of carbonyl (C=O) groups is 1. The molecule has 0 unspecified atom stereocenters. The Hall–Kier alpha value is -1.99. The van der Waals surface area contributed by atoms with Gasteiger partial charge in [-0.05, 0) is 30.3 Å². The minimum atomic E-state index is -3.52. The van der Waals surface area contributed by atoms with E-state index in [1.807, 2.05) is 0 Å². The van der Waals surface area contributed by atoms with Crippen LogP contribution < -0.4 is 5.32 Å². The van der Waals surface area contributed by atoms with Crippen molar-refractivity contribution in [1.82, 2.24) is 0 Å². The molecule has 0 aromatic heterocycles. The molecule has 2 rings (SSSR count). The molecule has 0 saturated heterocycles. The number of rotatable bonds is 3. The molecule has 0 bridgehead atoms. The summed E-state index contributed by atoms with van der Waals surface area (Å²) in [7, 11) is -3.52. The van der Waals surface area contributed by atoms with Crippen LogP contribution in [-0.2, 0) is 9.84 Å². The number of anilines is 1. The maximum absolute atomic E-state index is 13.1. The Kier molecular flexibility index (Phi) is 4.48. The van der Waals surface area contributed by atoms with Gasteiger partial charge in [0.2, 0.25) is 0 Å². The molecule has 0 spiro atoms. The van der Waals surface area contributed by atoms with Gasteiger partial charge < -0.3 is 5.32 Å². The monoisotopic (exact) mass is 345 g/mol. The van der Waals surface area contributed by atoms with Crippen molar-refractivity contribution in [3.63, 3.8) is 0 Å². The number of amides is 1. The van der Waals surface area contributed by atoms with Crippen molar-refractivity contribution in [3.05, 3.63) is 58.6 Å². The van der Waals surface area contributed by atoms with E-state index in [1.165, 1.54) is 12.1 Å². The Morgan fingerprint density at radius 3 is 2.23 bits per heavy atom. The molecular formula is C14H10ClF2NO3S. The summed E-state index contributed by atoms with van der Waals surface area (Å²) in [6.07, 6.45) is 0.986. The summed E-state index contributed by atoms with van der Waals surface area (Å²) in [6.45, 7) is 0. The first kappa shape index (κ1) is 16.4. The van der Waals surface area contributed by atoms with Crippen molar-refractivity contribution < 1.29 is 22.0 Å². The van der Waals surface area contributed by atoms with Gasteiger partial charge in [-0.2, -0.15) is 0 Å². The number of carbonyl (C=O) groups excluding carboxylic acids is 1. The summed E-state index contributed by atoms with van der Waals surface area (Å²) in [5.74, 6) is -2.49. The Bertz CT molecular complexity index is 833. The van der Waals surface area contributed by atoms with E-state index in [4.69, 9.17) is 11.6 Å². The Balaban J connectivity index is 2.37. The van der Waals surface area contributed by atoms with E-state index in [9.17, 15) is 22.0 Å². The summed E-state index contributed by atoms with van der Waals surface area (Å²) in [6, 6.07) is 6.13. The molecular weight excluding hydrogens is 336 g/mol. The summed E-state index contributed by atoms with van der Waals surface area (Å²) in [4.78, 5) is 12.0. The van der Waals surface area contributed by atoms with Crippen LogP contribution in [0.3, 0.4) is 0 Å². The predicted octanol–water partition coefficient (Wildman–Crippen LogP) is 3.27.